The minimum absolute atomic E-state index is 0.0518. The van der Waals surface area contributed by atoms with E-state index in [4.69, 9.17) is 0 Å². The third-order valence-electron chi connectivity index (χ3n) is 4.70. The van der Waals surface area contributed by atoms with Crippen LogP contribution in [0.2, 0.25) is 0 Å². The van der Waals surface area contributed by atoms with Crippen molar-refractivity contribution in [3.8, 4) is 5.75 Å². The highest BCUT2D eigenvalue weighted by molar-refractivity contribution is 5.89. The van der Waals surface area contributed by atoms with Crippen molar-refractivity contribution in [2.24, 2.45) is 0 Å². The summed E-state index contributed by atoms with van der Waals surface area (Å²) in [6.45, 7) is 1.29. The van der Waals surface area contributed by atoms with Crippen LogP contribution in [0.4, 0.5) is 18.9 Å². The number of benzene rings is 1. The van der Waals surface area contributed by atoms with E-state index in [1.165, 1.54) is 12.1 Å². The van der Waals surface area contributed by atoms with Crippen LogP contribution >= 0.6 is 0 Å². The molecule has 2 amide bonds. The fourth-order valence-electron chi connectivity index (χ4n) is 3.50. The number of hydrogen-bond acceptors (Lipinski definition) is 4. The molecule has 27 heavy (non-hydrogen) atoms. The number of nitrogens with zero attached hydrogens (tertiary/aromatic N) is 1. The molecule has 0 radical (unpaired) electrons. The Hall–Kier alpha value is -2.45. The second-order valence-corrected chi connectivity index (χ2v) is 6.77. The van der Waals surface area contributed by atoms with E-state index in [0.717, 1.165) is 24.9 Å². The Labute approximate surface area is 155 Å². The van der Waals surface area contributed by atoms with Crippen LogP contribution in [0.3, 0.4) is 0 Å². The summed E-state index contributed by atoms with van der Waals surface area (Å²) in [6, 6.07) is 3.63. The first-order valence-electron chi connectivity index (χ1n) is 9.02. The lowest BCUT2D eigenvalue weighted by atomic mass is 10.0. The predicted molar refractivity (Wildman–Crippen MR) is 92.5 cm³/mol. The quantitative estimate of drug-likeness (QED) is 0.833. The Balaban J connectivity index is 1.65. The zero-order chi connectivity index (χ0) is 19.4. The normalized spacial score (nSPS) is 20.3. The molecule has 1 aromatic rings. The molecule has 2 N–H and O–H groups in total. The third-order valence-corrected chi connectivity index (χ3v) is 4.70. The van der Waals surface area contributed by atoms with Crippen LogP contribution in [0.15, 0.2) is 18.2 Å². The molecule has 0 spiro atoms. The number of aryl methyl sites for hydroxylation is 1. The van der Waals surface area contributed by atoms with E-state index in [1.54, 1.807) is 6.07 Å². The molecule has 148 valence electrons. The van der Waals surface area contributed by atoms with Crippen molar-refractivity contribution in [1.82, 2.24) is 10.6 Å². The SMILES string of the molecule is O=C(CN1CCCc2cc(OC(F)(F)F)ccc21)N[C@H]1CCCCNC1=O. The van der Waals surface area contributed by atoms with E-state index in [2.05, 4.69) is 15.4 Å². The topological polar surface area (TPSA) is 70.7 Å². The predicted octanol–water partition coefficient (Wildman–Crippen LogP) is 2.12. The number of nitrogens with one attached hydrogen (secondary N) is 2. The van der Waals surface area contributed by atoms with Crippen LogP contribution in [-0.2, 0) is 16.0 Å². The molecule has 1 aromatic carbocycles. The number of hydrogen-bond donors (Lipinski definition) is 2. The van der Waals surface area contributed by atoms with Crippen molar-refractivity contribution in [2.45, 2.75) is 44.5 Å². The maximum absolute atomic E-state index is 12.4. The molecular formula is C18H22F3N3O3. The van der Waals surface area contributed by atoms with Gasteiger partial charge >= 0.3 is 6.36 Å². The number of alkyl halides is 3. The van der Waals surface area contributed by atoms with Crippen LogP contribution in [0.25, 0.3) is 0 Å². The standard InChI is InChI=1S/C18H22F3N3O3/c19-18(20,21)27-13-6-7-15-12(10-13)4-3-9-24(15)11-16(25)23-14-5-1-2-8-22-17(14)26/h6-7,10,14H,1-5,8-9,11H2,(H,22,26)(H,23,25)/t14-/m0/s1. The number of halogens is 3. The molecule has 6 nitrogen and oxygen atoms in total. The van der Waals surface area contributed by atoms with E-state index in [-0.39, 0.29) is 24.1 Å². The summed E-state index contributed by atoms with van der Waals surface area (Å²) >= 11 is 0. The van der Waals surface area contributed by atoms with Gasteiger partial charge in [-0.05, 0) is 55.9 Å². The van der Waals surface area contributed by atoms with E-state index in [0.29, 0.717) is 31.5 Å². The second-order valence-electron chi connectivity index (χ2n) is 6.77. The maximum Gasteiger partial charge on any atom is 0.573 e. The van der Waals surface area contributed by atoms with Crippen LogP contribution < -0.4 is 20.3 Å². The number of anilines is 1. The first-order chi connectivity index (χ1) is 12.8. The molecule has 2 aliphatic heterocycles. The van der Waals surface area contributed by atoms with Crippen molar-refractivity contribution in [3.05, 3.63) is 23.8 Å². The van der Waals surface area contributed by atoms with Gasteiger partial charge in [-0.1, -0.05) is 0 Å². The highest BCUT2D eigenvalue weighted by atomic mass is 19.4. The summed E-state index contributed by atoms with van der Waals surface area (Å²) in [6.07, 6.45) is -1.04. The van der Waals surface area contributed by atoms with Gasteiger partial charge in [0.05, 0.1) is 6.54 Å². The van der Waals surface area contributed by atoms with Crippen LogP contribution in [0, 0.1) is 0 Å². The lowest BCUT2D eigenvalue weighted by molar-refractivity contribution is -0.274. The first kappa shape index (κ1) is 19.3. The maximum atomic E-state index is 12.4. The summed E-state index contributed by atoms with van der Waals surface area (Å²) in [5.74, 6) is -0.711. The van der Waals surface area contributed by atoms with Gasteiger partial charge in [0, 0.05) is 18.8 Å². The van der Waals surface area contributed by atoms with Gasteiger partial charge in [0.15, 0.2) is 0 Å². The molecule has 0 saturated carbocycles. The molecule has 1 atom stereocenters. The summed E-state index contributed by atoms with van der Waals surface area (Å²) < 4.78 is 41.1. The highest BCUT2D eigenvalue weighted by Gasteiger charge is 2.32. The van der Waals surface area contributed by atoms with Crippen molar-refractivity contribution in [2.75, 3.05) is 24.5 Å². The molecule has 3 rings (SSSR count). The molecule has 9 heteroatoms. The zero-order valence-electron chi connectivity index (χ0n) is 14.8. The van der Waals surface area contributed by atoms with Gasteiger partial charge in [-0.2, -0.15) is 0 Å². The van der Waals surface area contributed by atoms with Gasteiger partial charge in [-0.3, -0.25) is 9.59 Å². The number of amides is 2. The molecule has 0 aliphatic carbocycles. The average Bonchev–Trinajstić information content (AvgIpc) is 2.78. The number of fused-ring (bicyclic) bond motifs is 1. The fraction of sp³-hybridized carbons (Fsp3) is 0.556. The Morgan fingerprint density at radius 1 is 1.30 bits per heavy atom. The van der Waals surface area contributed by atoms with Crippen molar-refractivity contribution in [3.63, 3.8) is 0 Å². The third kappa shape index (κ3) is 5.27. The molecule has 1 saturated heterocycles. The number of ether oxygens (including phenoxy) is 1. The summed E-state index contributed by atoms with van der Waals surface area (Å²) in [4.78, 5) is 26.2. The van der Waals surface area contributed by atoms with Crippen LogP contribution in [-0.4, -0.2) is 43.9 Å². The average molecular weight is 385 g/mol. The monoisotopic (exact) mass is 385 g/mol. The van der Waals surface area contributed by atoms with Crippen molar-refractivity contribution in [1.29, 1.82) is 0 Å². The highest BCUT2D eigenvalue weighted by Crippen LogP contribution is 2.32. The van der Waals surface area contributed by atoms with Crippen LogP contribution in [0.1, 0.15) is 31.2 Å². The van der Waals surface area contributed by atoms with E-state index in [1.807, 2.05) is 4.90 Å². The van der Waals surface area contributed by atoms with Gasteiger partial charge in [0.25, 0.3) is 0 Å². The molecule has 0 unspecified atom stereocenters. The summed E-state index contributed by atoms with van der Waals surface area (Å²) in [5.41, 5.74) is 1.43. The minimum atomic E-state index is -4.73. The molecule has 0 aromatic heterocycles. The molecule has 0 bridgehead atoms. The molecule has 1 fully saturated rings. The number of rotatable bonds is 4. The summed E-state index contributed by atoms with van der Waals surface area (Å²) in [7, 11) is 0. The van der Waals surface area contributed by atoms with Crippen molar-refractivity contribution >= 4 is 17.5 Å². The number of carbonyl (C=O) groups is 2. The largest absolute Gasteiger partial charge is 0.573 e. The van der Waals surface area contributed by atoms with E-state index in [9.17, 15) is 22.8 Å². The fourth-order valence-corrected chi connectivity index (χ4v) is 3.50. The Morgan fingerprint density at radius 3 is 2.89 bits per heavy atom. The lowest BCUT2D eigenvalue weighted by Gasteiger charge is -2.31. The second kappa shape index (κ2) is 8.06. The van der Waals surface area contributed by atoms with Gasteiger partial charge in [0.2, 0.25) is 11.8 Å². The zero-order valence-corrected chi connectivity index (χ0v) is 14.8. The van der Waals surface area contributed by atoms with Crippen LogP contribution in [0.5, 0.6) is 5.75 Å². The van der Waals surface area contributed by atoms with Gasteiger partial charge in [0.1, 0.15) is 11.8 Å². The van der Waals surface area contributed by atoms with E-state index >= 15 is 0 Å². The van der Waals surface area contributed by atoms with E-state index < -0.39 is 12.4 Å². The van der Waals surface area contributed by atoms with Gasteiger partial charge in [-0.15, -0.1) is 13.2 Å². The smallest absolute Gasteiger partial charge is 0.406 e. The minimum Gasteiger partial charge on any atom is -0.406 e. The lowest BCUT2D eigenvalue weighted by Crippen LogP contribution is -2.49. The first-order valence-corrected chi connectivity index (χ1v) is 9.02. The summed E-state index contributed by atoms with van der Waals surface area (Å²) in [5, 5.41) is 5.53. The molecule has 2 heterocycles. The van der Waals surface area contributed by atoms with Gasteiger partial charge in [-0.25, -0.2) is 0 Å². The van der Waals surface area contributed by atoms with Gasteiger partial charge < -0.3 is 20.3 Å². The Bertz CT molecular complexity index is 709. The van der Waals surface area contributed by atoms with Crippen molar-refractivity contribution < 1.29 is 27.5 Å². The molecular weight excluding hydrogens is 363 g/mol. The molecule has 2 aliphatic rings. The Kier molecular flexibility index (Phi) is 5.76. The number of carbonyl (C=O) groups excluding carboxylic acids is 2. The Morgan fingerprint density at radius 2 is 2.11 bits per heavy atom.